The monoisotopic (exact) mass is 309 g/mol. The summed E-state index contributed by atoms with van der Waals surface area (Å²) in [5.41, 5.74) is 0.978. The molecule has 1 atom stereocenters. The molecule has 1 fully saturated rings. The predicted octanol–water partition coefficient (Wildman–Crippen LogP) is 2.99. The molecular formula is C16H20ClNO3. The molecule has 114 valence electrons. The number of likely N-dealkylation sites (tertiary alicyclic amines) is 1. The fraction of sp³-hybridized carbons (Fsp3) is 0.500. The summed E-state index contributed by atoms with van der Waals surface area (Å²) in [6.45, 7) is 1.30. The molecule has 0 aliphatic carbocycles. The minimum absolute atomic E-state index is 0.0838. The number of benzene rings is 1. The fourth-order valence-electron chi connectivity index (χ4n) is 2.81. The van der Waals surface area contributed by atoms with Gasteiger partial charge < -0.3 is 10.0 Å². The minimum Gasteiger partial charge on any atom is -0.481 e. The Morgan fingerprint density at radius 2 is 2.10 bits per heavy atom. The number of aliphatic carboxylic acids is 1. The first-order chi connectivity index (χ1) is 10.1. The maximum Gasteiger partial charge on any atom is 0.303 e. The van der Waals surface area contributed by atoms with E-state index in [1.165, 1.54) is 0 Å². The molecule has 0 aromatic heterocycles. The Balaban J connectivity index is 1.85. The third kappa shape index (κ3) is 4.74. The van der Waals surface area contributed by atoms with Gasteiger partial charge in [-0.1, -0.05) is 29.8 Å². The van der Waals surface area contributed by atoms with Crippen molar-refractivity contribution >= 4 is 23.5 Å². The molecule has 1 saturated heterocycles. The second kappa shape index (κ2) is 7.46. The smallest absolute Gasteiger partial charge is 0.303 e. The lowest BCUT2D eigenvalue weighted by atomic mass is 9.94. The van der Waals surface area contributed by atoms with Crippen LogP contribution in [0.25, 0.3) is 0 Å². The first-order valence-corrected chi connectivity index (χ1v) is 7.67. The summed E-state index contributed by atoms with van der Waals surface area (Å²) in [5.74, 6) is -0.615. The summed E-state index contributed by atoms with van der Waals surface area (Å²) < 4.78 is 0. The van der Waals surface area contributed by atoms with E-state index in [1.54, 1.807) is 4.90 Å². The van der Waals surface area contributed by atoms with Gasteiger partial charge in [-0.15, -0.1) is 0 Å². The molecule has 1 heterocycles. The number of amides is 1. The van der Waals surface area contributed by atoms with Crippen molar-refractivity contribution in [3.63, 3.8) is 0 Å². The molecule has 1 N–H and O–H groups in total. The lowest BCUT2D eigenvalue weighted by Gasteiger charge is -2.32. The minimum atomic E-state index is -0.787. The average molecular weight is 310 g/mol. The molecule has 0 radical (unpaired) electrons. The summed E-state index contributed by atoms with van der Waals surface area (Å²) in [7, 11) is 0. The normalized spacial score (nSPS) is 18.5. The number of hydrogen-bond donors (Lipinski definition) is 1. The molecular weight excluding hydrogens is 290 g/mol. The van der Waals surface area contributed by atoms with Crippen LogP contribution in [-0.4, -0.2) is 35.0 Å². The van der Waals surface area contributed by atoms with Gasteiger partial charge in [0.15, 0.2) is 0 Å². The Hall–Kier alpha value is -1.55. The van der Waals surface area contributed by atoms with E-state index >= 15 is 0 Å². The Kier molecular flexibility index (Phi) is 5.62. The zero-order valence-electron chi connectivity index (χ0n) is 11.9. The van der Waals surface area contributed by atoms with Gasteiger partial charge in [0.25, 0.3) is 0 Å². The number of piperidine rings is 1. The predicted molar refractivity (Wildman–Crippen MR) is 81.3 cm³/mol. The van der Waals surface area contributed by atoms with Crippen LogP contribution in [0.1, 0.15) is 31.2 Å². The Bertz CT molecular complexity index is 518. The summed E-state index contributed by atoms with van der Waals surface area (Å²) in [6, 6.07) is 7.54. The molecule has 0 spiro atoms. The van der Waals surface area contributed by atoms with E-state index in [9.17, 15) is 9.59 Å². The number of nitrogens with zero attached hydrogens (tertiary/aromatic N) is 1. The number of carboxylic acid groups (broad SMARTS) is 1. The molecule has 2 rings (SSSR count). The second-order valence-corrected chi connectivity index (χ2v) is 5.94. The average Bonchev–Trinajstić information content (AvgIpc) is 2.45. The topological polar surface area (TPSA) is 57.6 Å². The van der Waals surface area contributed by atoms with Crippen LogP contribution in [-0.2, 0) is 16.0 Å². The molecule has 0 bridgehead atoms. The van der Waals surface area contributed by atoms with Gasteiger partial charge in [0.2, 0.25) is 5.91 Å². The van der Waals surface area contributed by atoms with Crippen molar-refractivity contribution in [1.29, 1.82) is 0 Å². The molecule has 4 nitrogen and oxygen atoms in total. The van der Waals surface area contributed by atoms with Gasteiger partial charge in [-0.2, -0.15) is 0 Å². The summed E-state index contributed by atoms with van der Waals surface area (Å²) in [6.07, 6.45) is 2.97. The van der Waals surface area contributed by atoms with Gasteiger partial charge >= 0.3 is 5.97 Å². The van der Waals surface area contributed by atoms with Crippen molar-refractivity contribution in [2.75, 3.05) is 13.1 Å². The van der Waals surface area contributed by atoms with Crippen molar-refractivity contribution in [3.8, 4) is 0 Å². The Labute approximate surface area is 129 Å². The second-order valence-electron chi connectivity index (χ2n) is 5.54. The Morgan fingerprint density at radius 3 is 2.81 bits per heavy atom. The number of carboxylic acids is 1. The van der Waals surface area contributed by atoms with Crippen molar-refractivity contribution < 1.29 is 14.7 Å². The molecule has 21 heavy (non-hydrogen) atoms. The molecule has 1 aliphatic heterocycles. The molecule has 1 aliphatic rings. The van der Waals surface area contributed by atoms with Crippen LogP contribution >= 0.6 is 11.6 Å². The van der Waals surface area contributed by atoms with E-state index in [2.05, 4.69) is 0 Å². The number of hydrogen-bond acceptors (Lipinski definition) is 2. The molecule has 0 saturated carbocycles. The van der Waals surface area contributed by atoms with Crippen molar-refractivity contribution in [2.24, 2.45) is 5.92 Å². The molecule has 1 aromatic carbocycles. The van der Waals surface area contributed by atoms with Gasteiger partial charge in [0.05, 0.1) is 0 Å². The highest BCUT2D eigenvalue weighted by atomic mass is 35.5. The van der Waals surface area contributed by atoms with E-state index in [4.69, 9.17) is 16.7 Å². The summed E-state index contributed by atoms with van der Waals surface area (Å²) >= 11 is 6.08. The molecule has 1 amide bonds. The molecule has 5 heteroatoms. The first kappa shape index (κ1) is 15.8. The zero-order valence-corrected chi connectivity index (χ0v) is 12.7. The van der Waals surface area contributed by atoms with Crippen LogP contribution in [0.15, 0.2) is 24.3 Å². The fourth-order valence-corrected chi connectivity index (χ4v) is 3.04. The Morgan fingerprint density at radius 1 is 1.33 bits per heavy atom. The van der Waals surface area contributed by atoms with Crippen LogP contribution in [0, 0.1) is 5.92 Å². The summed E-state index contributed by atoms with van der Waals surface area (Å²) in [5, 5.41) is 9.54. The number of aryl methyl sites for hydroxylation is 1. The van der Waals surface area contributed by atoms with E-state index in [0.717, 1.165) is 24.9 Å². The maximum absolute atomic E-state index is 12.2. The highest BCUT2D eigenvalue weighted by Crippen LogP contribution is 2.21. The van der Waals surface area contributed by atoms with Gasteiger partial charge in [0, 0.05) is 31.0 Å². The van der Waals surface area contributed by atoms with Gasteiger partial charge in [0.1, 0.15) is 0 Å². The lowest BCUT2D eigenvalue weighted by molar-refractivity contribution is -0.140. The third-order valence-electron chi connectivity index (χ3n) is 3.90. The molecule has 1 unspecified atom stereocenters. The van der Waals surface area contributed by atoms with E-state index in [-0.39, 0.29) is 18.2 Å². The largest absolute Gasteiger partial charge is 0.481 e. The van der Waals surface area contributed by atoms with Gasteiger partial charge in [-0.05, 0) is 36.8 Å². The van der Waals surface area contributed by atoms with E-state index < -0.39 is 5.97 Å². The van der Waals surface area contributed by atoms with Crippen molar-refractivity contribution in [1.82, 2.24) is 4.90 Å². The van der Waals surface area contributed by atoms with Gasteiger partial charge in [-0.25, -0.2) is 0 Å². The number of rotatable bonds is 5. The number of carbonyl (C=O) groups is 2. The van der Waals surface area contributed by atoms with Crippen LogP contribution in [0.2, 0.25) is 5.02 Å². The highest BCUT2D eigenvalue weighted by Gasteiger charge is 2.24. The number of halogens is 1. The zero-order chi connectivity index (χ0) is 15.2. The van der Waals surface area contributed by atoms with E-state index in [0.29, 0.717) is 24.4 Å². The van der Waals surface area contributed by atoms with Crippen molar-refractivity contribution in [3.05, 3.63) is 34.9 Å². The van der Waals surface area contributed by atoms with Crippen LogP contribution in [0.3, 0.4) is 0 Å². The summed E-state index contributed by atoms with van der Waals surface area (Å²) in [4.78, 5) is 24.8. The van der Waals surface area contributed by atoms with Crippen LogP contribution in [0.4, 0.5) is 0 Å². The highest BCUT2D eigenvalue weighted by molar-refractivity contribution is 6.31. The SMILES string of the molecule is O=C(O)CC1CCCN(C(=O)CCc2ccccc2Cl)C1. The quantitative estimate of drug-likeness (QED) is 0.909. The molecule has 1 aromatic rings. The van der Waals surface area contributed by atoms with Crippen LogP contribution < -0.4 is 0 Å². The van der Waals surface area contributed by atoms with E-state index in [1.807, 2.05) is 24.3 Å². The standard InChI is InChI=1S/C16H20ClNO3/c17-14-6-2-1-5-13(14)7-8-15(19)18-9-3-4-12(11-18)10-16(20)21/h1-2,5-6,12H,3-4,7-11H2,(H,20,21). The van der Waals surface area contributed by atoms with Crippen molar-refractivity contribution in [2.45, 2.75) is 32.1 Å². The van der Waals surface area contributed by atoms with Gasteiger partial charge in [-0.3, -0.25) is 9.59 Å². The number of carbonyl (C=O) groups excluding carboxylic acids is 1. The van der Waals surface area contributed by atoms with Crippen LogP contribution in [0.5, 0.6) is 0 Å². The maximum atomic E-state index is 12.2. The first-order valence-electron chi connectivity index (χ1n) is 7.29. The third-order valence-corrected chi connectivity index (χ3v) is 4.27. The lowest BCUT2D eigenvalue weighted by Crippen LogP contribution is -2.40.